The Morgan fingerprint density at radius 3 is 2.38 bits per heavy atom. The molecule has 0 aliphatic carbocycles. The van der Waals surface area contributed by atoms with Crippen LogP contribution in [-0.2, 0) is 22.2 Å². The third-order valence-corrected chi connectivity index (χ3v) is 10.8. The number of ether oxygens (including phenoxy) is 2. The predicted molar refractivity (Wildman–Crippen MR) is 210 cm³/mol. The Labute approximate surface area is 312 Å². The van der Waals surface area contributed by atoms with Crippen LogP contribution in [0.25, 0.3) is 22.2 Å². The average molecular weight is 735 g/mol. The minimum absolute atomic E-state index is 0.0173. The second-order valence-corrected chi connectivity index (χ2v) is 14.5. The molecular formula is C41H42N4O5S2. The molecule has 52 heavy (non-hydrogen) atoms. The molecule has 11 heteroatoms. The first-order chi connectivity index (χ1) is 25.2. The average Bonchev–Trinajstić information content (AvgIpc) is 3.15. The van der Waals surface area contributed by atoms with E-state index in [1.807, 2.05) is 83.8 Å². The highest BCUT2D eigenvalue weighted by Crippen LogP contribution is 2.35. The van der Waals surface area contributed by atoms with Gasteiger partial charge in [0.25, 0.3) is 5.24 Å². The number of fused-ring (bicyclic) bond motifs is 1. The first kappa shape index (κ1) is 36.8. The van der Waals surface area contributed by atoms with E-state index >= 15 is 0 Å². The number of anilines is 1. The summed E-state index contributed by atoms with van der Waals surface area (Å²) in [7, 11) is 0.193. The maximum absolute atomic E-state index is 13.1. The summed E-state index contributed by atoms with van der Waals surface area (Å²) in [5.74, 6) is 2.27. The van der Waals surface area contributed by atoms with Crippen LogP contribution < -0.4 is 19.5 Å². The Bertz CT molecular complexity index is 2060. The van der Waals surface area contributed by atoms with Crippen LogP contribution in [0.1, 0.15) is 25.3 Å². The number of likely N-dealkylation sites (tertiary alicyclic amines) is 1. The largest absolute Gasteiger partial charge is 0.497 e. The third-order valence-electron chi connectivity index (χ3n) is 9.44. The standard InChI is InChI=1S/C41H42N4O5S2/c1-4-28(26-42-52(48)37-17-12-32(13-18-37)43-27(2)46)30-20-21-45(41(47)51)33(22-30)23-31-24-40(44-39-19-16-36(49-3)25-38(31)39)29-10-14-35(15-11-29)50-34-8-6-5-7-9-34/h4-19,24-25,28,30,33,42H,1,20-23,26H2,2-3H3,(H,43,46)(H,47,51). The number of carbonyl (C=O) groups excluding carboxylic acids is 2. The predicted octanol–water partition coefficient (Wildman–Crippen LogP) is 8.45. The van der Waals surface area contributed by atoms with E-state index in [4.69, 9.17) is 14.5 Å². The number of aromatic nitrogens is 1. The lowest BCUT2D eigenvalue weighted by Crippen LogP contribution is -2.47. The molecule has 0 spiro atoms. The second kappa shape index (κ2) is 17.0. The van der Waals surface area contributed by atoms with Crippen molar-refractivity contribution >= 4 is 51.4 Å². The summed E-state index contributed by atoms with van der Waals surface area (Å²) in [5, 5.41) is 3.43. The minimum atomic E-state index is -1.45. The summed E-state index contributed by atoms with van der Waals surface area (Å²) < 4.78 is 27.9. The number of methoxy groups -OCH3 is 1. The van der Waals surface area contributed by atoms with Crippen LogP contribution in [0, 0.1) is 11.8 Å². The molecule has 0 bridgehead atoms. The second-order valence-electron chi connectivity index (χ2n) is 12.8. The molecule has 5 aromatic rings. The third kappa shape index (κ3) is 9.08. The molecule has 6 rings (SSSR count). The first-order valence-electron chi connectivity index (χ1n) is 17.2. The van der Waals surface area contributed by atoms with Crippen LogP contribution in [0.3, 0.4) is 0 Å². The zero-order valence-corrected chi connectivity index (χ0v) is 30.9. The van der Waals surface area contributed by atoms with Gasteiger partial charge < -0.3 is 19.7 Å². The van der Waals surface area contributed by atoms with Crippen molar-refractivity contribution in [2.45, 2.75) is 37.1 Å². The summed E-state index contributed by atoms with van der Waals surface area (Å²) in [5.41, 5.74) is 4.28. The van der Waals surface area contributed by atoms with Crippen LogP contribution in [0.5, 0.6) is 17.2 Å². The Kier molecular flexibility index (Phi) is 12.1. The lowest BCUT2D eigenvalue weighted by Gasteiger charge is -2.41. The topological polar surface area (TPSA) is 110 Å². The van der Waals surface area contributed by atoms with Gasteiger partial charge in [0.15, 0.2) is 0 Å². The van der Waals surface area contributed by atoms with Gasteiger partial charge in [-0.2, -0.15) is 0 Å². The number of thiol groups is 1. The molecule has 2 N–H and O–H groups in total. The molecule has 9 nitrogen and oxygen atoms in total. The lowest BCUT2D eigenvalue weighted by molar-refractivity contribution is -0.114. The molecule has 4 unspecified atom stereocenters. The van der Waals surface area contributed by atoms with E-state index in [1.54, 1.807) is 31.4 Å². The van der Waals surface area contributed by atoms with Gasteiger partial charge in [0.05, 0.1) is 23.2 Å². The van der Waals surface area contributed by atoms with Crippen molar-refractivity contribution in [3.05, 3.63) is 121 Å². The van der Waals surface area contributed by atoms with Crippen molar-refractivity contribution in [2.75, 3.05) is 25.5 Å². The van der Waals surface area contributed by atoms with Crippen LogP contribution in [0.15, 0.2) is 121 Å². The molecule has 4 atom stereocenters. The number of hydrogen-bond acceptors (Lipinski definition) is 6. The highest BCUT2D eigenvalue weighted by Gasteiger charge is 2.34. The van der Waals surface area contributed by atoms with Crippen LogP contribution in [-0.4, -0.2) is 51.5 Å². The molecule has 1 saturated heterocycles. The van der Waals surface area contributed by atoms with Crippen molar-refractivity contribution in [3.63, 3.8) is 0 Å². The van der Waals surface area contributed by atoms with Gasteiger partial charge in [-0.3, -0.25) is 9.59 Å². The smallest absolute Gasteiger partial charge is 0.278 e. The molecule has 1 fully saturated rings. The molecule has 0 saturated carbocycles. The van der Waals surface area contributed by atoms with Gasteiger partial charge in [-0.05, 0) is 122 Å². The van der Waals surface area contributed by atoms with E-state index in [0.717, 1.165) is 57.8 Å². The molecule has 2 amide bonds. The van der Waals surface area contributed by atoms with Gasteiger partial charge in [-0.1, -0.05) is 36.9 Å². The number of nitrogens with zero attached hydrogens (tertiary/aromatic N) is 2. The van der Waals surface area contributed by atoms with Crippen molar-refractivity contribution in [1.29, 1.82) is 0 Å². The number of benzene rings is 4. The fraction of sp³-hybridized carbons (Fsp3) is 0.244. The van der Waals surface area contributed by atoms with E-state index in [2.05, 4.69) is 35.3 Å². The highest BCUT2D eigenvalue weighted by molar-refractivity contribution is 7.96. The number of piperidine rings is 1. The Morgan fingerprint density at radius 2 is 1.71 bits per heavy atom. The first-order valence-corrected chi connectivity index (χ1v) is 18.8. The quantitative estimate of drug-likeness (QED) is 0.0828. The molecule has 4 aromatic carbocycles. The van der Waals surface area contributed by atoms with Gasteiger partial charge in [-0.25, -0.2) is 13.9 Å². The molecular weight excluding hydrogens is 693 g/mol. The van der Waals surface area contributed by atoms with Crippen molar-refractivity contribution < 1.29 is 23.3 Å². The molecule has 1 aromatic heterocycles. The monoisotopic (exact) mass is 734 g/mol. The number of pyridine rings is 1. The fourth-order valence-electron chi connectivity index (χ4n) is 6.77. The molecule has 1 aliphatic heterocycles. The molecule has 268 valence electrons. The highest BCUT2D eigenvalue weighted by atomic mass is 32.2. The maximum atomic E-state index is 13.1. The molecule has 2 heterocycles. The Hall–Kier alpha value is -4.97. The number of carbonyl (C=O) groups is 2. The number of para-hydroxylation sites is 1. The molecule has 1 aliphatic rings. The Balaban J connectivity index is 1.22. The Morgan fingerprint density at radius 1 is 1.00 bits per heavy atom. The van der Waals surface area contributed by atoms with E-state index in [9.17, 15) is 13.8 Å². The summed E-state index contributed by atoms with van der Waals surface area (Å²) in [6.07, 6.45) is 3.99. The zero-order chi connectivity index (χ0) is 36.6. The van der Waals surface area contributed by atoms with Gasteiger partial charge in [0, 0.05) is 42.7 Å². The molecule has 0 radical (unpaired) electrons. The van der Waals surface area contributed by atoms with E-state index in [1.165, 1.54) is 6.92 Å². The van der Waals surface area contributed by atoms with Gasteiger partial charge in [0.2, 0.25) is 5.91 Å². The van der Waals surface area contributed by atoms with Gasteiger partial charge in [0.1, 0.15) is 28.2 Å². The summed E-state index contributed by atoms with van der Waals surface area (Å²) in [6, 6.07) is 32.3. The summed E-state index contributed by atoms with van der Waals surface area (Å²) in [4.78, 5) is 31.7. The van der Waals surface area contributed by atoms with Crippen LogP contribution in [0.2, 0.25) is 0 Å². The normalized spacial score (nSPS) is 16.9. The number of amides is 2. The fourth-order valence-corrected chi connectivity index (χ4v) is 7.93. The van der Waals surface area contributed by atoms with E-state index in [0.29, 0.717) is 30.1 Å². The van der Waals surface area contributed by atoms with Gasteiger partial charge >= 0.3 is 0 Å². The van der Waals surface area contributed by atoms with E-state index in [-0.39, 0.29) is 29.0 Å². The number of nitrogens with one attached hydrogen (secondary N) is 2. The van der Waals surface area contributed by atoms with Crippen molar-refractivity contribution in [1.82, 2.24) is 14.6 Å². The lowest BCUT2D eigenvalue weighted by atomic mass is 9.79. The van der Waals surface area contributed by atoms with Crippen molar-refractivity contribution in [3.8, 4) is 28.5 Å². The van der Waals surface area contributed by atoms with Gasteiger partial charge in [-0.15, -0.1) is 6.58 Å². The summed E-state index contributed by atoms with van der Waals surface area (Å²) in [6.45, 7) is 6.57. The van der Waals surface area contributed by atoms with Crippen LogP contribution >= 0.6 is 12.6 Å². The summed E-state index contributed by atoms with van der Waals surface area (Å²) >= 11 is 4.28. The SMILES string of the molecule is C=CC(CNS(=O)c1ccc(NC(C)=O)cc1)C1CCN(C(=O)S)C(Cc2cc(-c3ccc(Oc4ccccc4)cc3)nc3ccc(OC)cc23)C1. The van der Waals surface area contributed by atoms with Crippen molar-refractivity contribution in [2.24, 2.45) is 11.8 Å². The van der Waals surface area contributed by atoms with Crippen LogP contribution in [0.4, 0.5) is 10.5 Å². The maximum Gasteiger partial charge on any atom is 0.278 e. The zero-order valence-electron chi connectivity index (χ0n) is 29.2. The minimum Gasteiger partial charge on any atom is -0.497 e. The van der Waals surface area contributed by atoms with E-state index < -0.39 is 11.0 Å². The number of hydrogen-bond donors (Lipinski definition) is 3. The number of rotatable bonds is 13.